The van der Waals surface area contributed by atoms with Gasteiger partial charge in [0.05, 0.1) is 11.8 Å². The molecule has 0 aliphatic heterocycles. The first-order valence-electron chi connectivity index (χ1n) is 5.42. The molecule has 0 radical (unpaired) electrons. The van der Waals surface area contributed by atoms with Gasteiger partial charge in [-0.2, -0.15) is 0 Å². The third-order valence-corrected chi connectivity index (χ3v) is 3.12. The first-order valence-corrected chi connectivity index (χ1v) is 6.22. The molecule has 0 fully saturated rings. The number of aryl methyl sites for hydroxylation is 2. The van der Waals surface area contributed by atoms with Gasteiger partial charge in [0.25, 0.3) is 0 Å². The molecule has 0 aliphatic rings. The van der Waals surface area contributed by atoms with E-state index in [1.165, 1.54) is 0 Å². The van der Waals surface area contributed by atoms with Crippen LogP contribution in [0.25, 0.3) is 0 Å². The van der Waals surface area contributed by atoms with Crippen LogP contribution in [0.3, 0.4) is 0 Å². The zero-order chi connectivity index (χ0) is 12.3. The predicted molar refractivity (Wildman–Crippen MR) is 68.4 cm³/mol. The molecule has 0 saturated heterocycles. The van der Waals surface area contributed by atoms with Crippen LogP contribution in [-0.4, -0.2) is 19.6 Å². The van der Waals surface area contributed by atoms with Crippen molar-refractivity contribution in [3.63, 3.8) is 0 Å². The van der Waals surface area contributed by atoms with E-state index < -0.39 is 6.10 Å². The van der Waals surface area contributed by atoms with Crippen LogP contribution in [0.15, 0.2) is 35.2 Å². The number of nitrogens with zero attached hydrogens (tertiary/aromatic N) is 3. The van der Waals surface area contributed by atoms with Crippen molar-refractivity contribution in [3.8, 4) is 0 Å². The lowest BCUT2D eigenvalue weighted by atomic mass is 10.1. The third kappa shape index (κ3) is 3.14. The maximum atomic E-state index is 9.99. The predicted octanol–water partition coefficient (Wildman–Crippen LogP) is 2.24. The highest BCUT2D eigenvalue weighted by atomic mass is 79.9. The highest BCUT2D eigenvalue weighted by Crippen LogP contribution is 2.18. The number of hydrogen-bond acceptors (Lipinski definition) is 3. The highest BCUT2D eigenvalue weighted by molar-refractivity contribution is 9.10. The summed E-state index contributed by atoms with van der Waals surface area (Å²) in [7, 11) is 1.95. The molecule has 2 aromatic heterocycles. The summed E-state index contributed by atoms with van der Waals surface area (Å²) in [6, 6.07) is 3.71. The monoisotopic (exact) mass is 295 g/mol. The average Bonchev–Trinajstić information content (AvgIpc) is 2.73. The molecule has 0 aliphatic carbocycles. The Morgan fingerprint density at radius 1 is 1.41 bits per heavy atom. The van der Waals surface area contributed by atoms with E-state index in [9.17, 15) is 5.11 Å². The van der Waals surface area contributed by atoms with Crippen molar-refractivity contribution in [2.45, 2.75) is 18.9 Å². The maximum absolute atomic E-state index is 9.99. The van der Waals surface area contributed by atoms with Gasteiger partial charge in [-0.25, -0.2) is 4.98 Å². The lowest BCUT2D eigenvalue weighted by Gasteiger charge is -2.09. The number of rotatable bonds is 4. The van der Waals surface area contributed by atoms with Gasteiger partial charge in [0.15, 0.2) is 0 Å². The molecule has 0 bridgehead atoms. The molecule has 1 unspecified atom stereocenters. The van der Waals surface area contributed by atoms with Crippen molar-refractivity contribution < 1.29 is 5.11 Å². The minimum Gasteiger partial charge on any atom is -0.387 e. The standard InChI is InChI=1S/C12H14BrN3O/c1-16-7-6-14-12(16)5-4-11(17)10-3-2-9(13)8-15-10/h2-3,6-8,11,17H,4-5H2,1H3. The minimum absolute atomic E-state index is 0.542. The summed E-state index contributed by atoms with van der Waals surface area (Å²) < 4.78 is 2.87. The number of imidazole rings is 1. The number of hydrogen-bond donors (Lipinski definition) is 1. The summed E-state index contributed by atoms with van der Waals surface area (Å²) in [6.07, 6.45) is 6.18. The van der Waals surface area contributed by atoms with Crippen LogP contribution in [-0.2, 0) is 13.5 Å². The molecule has 0 amide bonds. The van der Waals surface area contributed by atoms with Gasteiger partial charge in [0.1, 0.15) is 5.82 Å². The van der Waals surface area contributed by atoms with E-state index in [2.05, 4.69) is 25.9 Å². The maximum Gasteiger partial charge on any atom is 0.108 e. The van der Waals surface area contributed by atoms with Gasteiger partial charge in [0, 0.05) is 36.5 Å². The van der Waals surface area contributed by atoms with Gasteiger partial charge in [-0.15, -0.1) is 0 Å². The topological polar surface area (TPSA) is 50.9 Å². The summed E-state index contributed by atoms with van der Waals surface area (Å²) in [5.41, 5.74) is 0.697. The Balaban J connectivity index is 1.95. The van der Waals surface area contributed by atoms with Crippen LogP contribution in [0, 0.1) is 0 Å². The van der Waals surface area contributed by atoms with Gasteiger partial charge in [-0.3, -0.25) is 4.98 Å². The Bertz CT molecular complexity index is 481. The van der Waals surface area contributed by atoms with Crippen LogP contribution in [0.1, 0.15) is 24.0 Å². The van der Waals surface area contributed by atoms with Gasteiger partial charge >= 0.3 is 0 Å². The Labute approximate surface area is 108 Å². The largest absolute Gasteiger partial charge is 0.387 e. The average molecular weight is 296 g/mol. The number of halogens is 1. The van der Waals surface area contributed by atoms with Crippen LogP contribution in [0.4, 0.5) is 0 Å². The number of aromatic nitrogens is 3. The molecule has 1 N–H and O–H groups in total. The van der Waals surface area contributed by atoms with Crippen molar-refractivity contribution in [2.75, 3.05) is 0 Å². The Hall–Kier alpha value is -1.20. The fourth-order valence-electron chi connectivity index (χ4n) is 1.64. The summed E-state index contributed by atoms with van der Waals surface area (Å²) in [6.45, 7) is 0. The van der Waals surface area contributed by atoms with E-state index in [-0.39, 0.29) is 0 Å². The molecule has 0 saturated carbocycles. The first-order chi connectivity index (χ1) is 8.16. The van der Waals surface area contributed by atoms with Crippen molar-refractivity contribution in [1.29, 1.82) is 0 Å². The van der Waals surface area contributed by atoms with Crippen molar-refractivity contribution in [1.82, 2.24) is 14.5 Å². The highest BCUT2D eigenvalue weighted by Gasteiger charge is 2.10. The quantitative estimate of drug-likeness (QED) is 0.941. The molecule has 90 valence electrons. The zero-order valence-electron chi connectivity index (χ0n) is 9.55. The zero-order valence-corrected chi connectivity index (χ0v) is 11.1. The lowest BCUT2D eigenvalue weighted by Crippen LogP contribution is -2.05. The smallest absolute Gasteiger partial charge is 0.108 e. The van der Waals surface area contributed by atoms with Crippen molar-refractivity contribution in [2.24, 2.45) is 7.05 Å². The van der Waals surface area contributed by atoms with E-state index in [0.29, 0.717) is 12.1 Å². The summed E-state index contributed by atoms with van der Waals surface area (Å²) >= 11 is 3.32. The molecule has 0 aromatic carbocycles. The summed E-state index contributed by atoms with van der Waals surface area (Å²) in [5.74, 6) is 0.973. The van der Waals surface area contributed by atoms with Crippen LogP contribution >= 0.6 is 15.9 Å². The lowest BCUT2D eigenvalue weighted by molar-refractivity contribution is 0.162. The van der Waals surface area contributed by atoms with Crippen LogP contribution in [0.2, 0.25) is 0 Å². The first kappa shape index (κ1) is 12.3. The van der Waals surface area contributed by atoms with E-state index >= 15 is 0 Å². The molecule has 5 heteroatoms. The van der Waals surface area contributed by atoms with Crippen LogP contribution in [0.5, 0.6) is 0 Å². The molecular formula is C12H14BrN3O. The third-order valence-electron chi connectivity index (χ3n) is 2.65. The molecule has 1 atom stereocenters. The Morgan fingerprint density at radius 3 is 2.82 bits per heavy atom. The van der Waals surface area contributed by atoms with Gasteiger partial charge < -0.3 is 9.67 Å². The fraction of sp³-hybridized carbons (Fsp3) is 0.333. The number of pyridine rings is 1. The van der Waals surface area contributed by atoms with E-state index in [4.69, 9.17) is 0 Å². The summed E-state index contributed by atoms with van der Waals surface area (Å²) in [4.78, 5) is 8.40. The molecule has 2 heterocycles. The van der Waals surface area contributed by atoms with Crippen molar-refractivity contribution >= 4 is 15.9 Å². The molecule has 17 heavy (non-hydrogen) atoms. The molecule has 4 nitrogen and oxygen atoms in total. The minimum atomic E-state index is -0.542. The van der Waals surface area contributed by atoms with Crippen LogP contribution < -0.4 is 0 Å². The van der Waals surface area contributed by atoms with Gasteiger partial charge in [-0.05, 0) is 34.5 Å². The Morgan fingerprint density at radius 2 is 2.24 bits per heavy atom. The molecule has 2 rings (SSSR count). The number of aliphatic hydroxyl groups excluding tert-OH is 1. The molecule has 0 spiro atoms. The van der Waals surface area contributed by atoms with Gasteiger partial charge in [0.2, 0.25) is 0 Å². The molecular weight excluding hydrogens is 282 g/mol. The second-order valence-corrected chi connectivity index (χ2v) is 4.83. The van der Waals surface area contributed by atoms with E-state index in [1.54, 1.807) is 12.4 Å². The van der Waals surface area contributed by atoms with E-state index in [1.807, 2.05) is 29.9 Å². The Kier molecular flexibility index (Phi) is 3.91. The molecule has 2 aromatic rings. The van der Waals surface area contributed by atoms with E-state index in [0.717, 1.165) is 16.7 Å². The SMILES string of the molecule is Cn1ccnc1CCC(O)c1ccc(Br)cn1. The second-order valence-electron chi connectivity index (χ2n) is 3.91. The second kappa shape index (κ2) is 5.42. The number of aliphatic hydroxyl groups is 1. The summed E-state index contributed by atoms with van der Waals surface area (Å²) in [5, 5.41) is 9.99. The fourth-order valence-corrected chi connectivity index (χ4v) is 1.87. The van der Waals surface area contributed by atoms with Gasteiger partial charge in [-0.1, -0.05) is 0 Å². The normalized spacial score (nSPS) is 12.6. The van der Waals surface area contributed by atoms with Crippen molar-refractivity contribution in [3.05, 3.63) is 46.7 Å².